The first kappa shape index (κ1) is 18.9. The Morgan fingerprint density at radius 1 is 1.33 bits per heavy atom. The van der Waals surface area contributed by atoms with E-state index in [0.717, 1.165) is 19.1 Å². The first-order chi connectivity index (χ1) is 11.2. The molecule has 132 valence electrons. The van der Waals surface area contributed by atoms with E-state index in [9.17, 15) is 18.0 Å². The van der Waals surface area contributed by atoms with Gasteiger partial charge in [0.15, 0.2) is 9.84 Å². The van der Waals surface area contributed by atoms with Gasteiger partial charge in [-0.15, -0.1) is 0 Å². The van der Waals surface area contributed by atoms with E-state index in [1.54, 1.807) is 6.07 Å². The summed E-state index contributed by atoms with van der Waals surface area (Å²) in [6.45, 7) is 0. The summed E-state index contributed by atoms with van der Waals surface area (Å²) in [5.41, 5.74) is 0.635. The predicted molar refractivity (Wildman–Crippen MR) is 90.9 cm³/mol. The van der Waals surface area contributed by atoms with E-state index in [2.05, 4.69) is 0 Å². The fraction of sp³-hybridized carbons (Fsp3) is 0.529. The van der Waals surface area contributed by atoms with E-state index in [-0.39, 0.29) is 27.6 Å². The zero-order valence-corrected chi connectivity index (χ0v) is 15.3. The summed E-state index contributed by atoms with van der Waals surface area (Å²) in [6.07, 6.45) is 4.28. The second kappa shape index (κ2) is 7.66. The summed E-state index contributed by atoms with van der Waals surface area (Å²) in [7, 11) is -2.10. The molecule has 1 aromatic carbocycles. The minimum absolute atomic E-state index is 0.0415. The molecule has 0 bridgehead atoms. The monoisotopic (exact) mass is 372 g/mol. The summed E-state index contributed by atoms with van der Waals surface area (Å²) in [6, 6.07) is 4.55. The van der Waals surface area contributed by atoms with Crippen molar-refractivity contribution in [3.05, 3.63) is 28.8 Å². The Bertz CT molecular complexity index is 731. The third-order valence-corrected chi connectivity index (χ3v) is 6.06. The molecule has 2 rings (SSSR count). The van der Waals surface area contributed by atoms with E-state index in [1.165, 1.54) is 19.2 Å². The lowest BCUT2D eigenvalue weighted by molar-refractivity contribution is -0.143. The smallest absolute Gasteiger partial charge is 0.313 e. The number of Topliss-reactive ketones (excluding diaryl/α,β-unsaturated/α-hetero) is 1. The highest BCUT2D eigenvalue weighted by Crippen LogP contribution is 2.35. The molecule has 0 aromatic heterocycles. The highest BCUT2D eigenvalue weighted by Gasteiger charge is 2.29. The minimum atomic E-state index is -3.42. The number of carbonyl (C=O) groups excluding carboxylic acids is 2. The minimum Gasteiger partial charge on any atom is -0.469 e. The highest BCUT2D eigenvalue weighted by molar-refractivity contribution is 7.90. The van der Waals surface area contributed by atoms with Crippen molar-refractivity contribution >= 4 is 33.2 Å². The molecule has 0 heterocycles. The van der Waals surface area contributed by atoms with Gasteiger partial charge in [0, 0.05) is 19.1 Å². The number of halogens is 1. The fourth-order valence-electron chi connectivity index (χ4n) is 3.11. The van der Waals surface area contributed by atoms with Gasteiger partial charge in [0.2, 0.25) is 0 Å². The van der Waals surface area contributed by atoms with Crippen LogP contribution in [0.25, 0.3) is 0 Å². The SMILES string of the molecule is COC(=O)C(CC1CCC(=O)CC1)c1ccc(S(C)(=O)=O)c(Cl)c1. The van der Waals surface area contributed by atoms with E-state index >= 15 is 0 Å². The molecule has 24 heavy (non-hydrogen) atoms. The van der Waals surface area contributed by atoms with Gasteiger partial charge in [0.05, 0.1) is 22.9 Å². The van der Waals surface area contributed by atoms with Crippen LogP contribution in [0.1, 0.15) is 43.6 Å². The van der Waals surface area contributed by atoms with E-state index in [1.807, 2.05) is 0 Å². The largest absolute Gasteiger partial charge is 0.469 e. The molecule has 0 aliphatic heterocycles. The third kappa shape index (κ3) is 4.57. The van der Waals surface area contributed by atoms with Crippen LogP contribution in [0.4, 0.5) is 0 Å². The fourth-order valence-corrected chi connectivity index (χ4v) is 4.45. The van der Waals surface area contributed by atoms with Gasteiger partial charge >= 0.3 is 5.97 Å². The zero-order chi connectivity index (χ0) is 17.9. The van der Waals surface area contributed by atoms with Crippen LogP contribution in [0.15, 0.2) is 23.1 Å². The van der Waals surface area contributed by atoms with Gasteiger partial charge < -0.3 is 4.74 Å². The number of hydrogen-bond donors (Lipinski definition) is 0. The van der Waals surface area contributed by atoms with Crippen LogP contribution in [0.3, 0.4) is 0 Å². The van der Waals surface area contributed by atoms with Gasteiger partial charge in [0.1, 0.15) is 5.78 Å². The van der Waals surface area contributed by atoms with Crippen molar-refractivity contribution in [3.8, 4) is 0 Å². The van der Waals surface area contributed by atoms with Gasteiger partial charge in [-0.1, -0.05) is 17.7 Å². The number of sulfone groups is 1. The lowest BCUT2D eigenvalue weighted by Crippen LogP contribution is -2.21. The molecule has 0 N–H and O–H groups in total. The number of hydrogen-bond acceptors (Lipinski definition) is 5. The summed E-state index contributed by atoms with van der Waals surface area (Å²) >= 11 is 6.09. The van der Waals surface area contributed by atoms with Crippen molar-refractivity contribution in [1.82, 2.24) is 0 Å². The standard InChI is InChI=1S/C17H21ClO5S/c1-23-17(20)14(9-11-3-6-13(19)7-4-11)12-5-8-16(15(18)10-12)24(2,21)22/h5,8,10-11,14H,3-4,6-7,9H2,1-2H3. The van der Waals surface area contributed by atoms with E-state index in [0.29, 0.717) is 24.8 Å². The second-order valence-electron chi connectivity index (χ2n) is 6.26. The van der Waals surface area contributed by atoms with Crippen LogP contribution in [0.5, 0.6) is 0 Å². The number of ketones is 1. The van der Waals surface area contributed by atoms with Gasteiger partial charge in [-0.05, 0) is 42.9 Å². The molecular formula is C17H21ClO5S. The average Bonchev–Trinajstić information content (AvgIpc) is 2.52. The normalized spacial score (nSPS) is 17.5. The van der Waals surface area contributed by atoms with Crippen LogP contribution in [0.2, 0.25) is 5.02 Å². The number of rotatable bonds is 5. The first-order valence-corrected chi connectivity index (χ1v) is 10.1. The summed E-state index contributed by atoms with van der Waals surface area (Å²) in [5, 5.41) is 0.0997. The predicted octanol–water partition coefficient (Wildman–Crippen LogP) is 3.15. The highest BCUT2D eigenvalue weighted by atomic mass is 35.5. The van der Waals surface area contributed by atoms with Gasteiger partial charge in [-0.2, -0.15) is 0 Å². The molecule has 0 amide bonds. The molecule has 5 nitrogen and oxygen atoms in total. The first-order valence-electron chi connectivity index (χ1n) is 7.81. The van der Waals surface area contributed by atoms with Crippen LogP contribution >= 0.6 is 11.6 Å². The van der Waals surface area contributed by atoms with Crippen molar-refractivity contribution in [2.24, 2.45) is 5.92 Å². The molecule has 1 saturated carbocycles. The van der Waals surface area contributed by atoms with Crippen molar-refractivity contribution < 1.29 is 22.7 Å². The number of benzene rings is 1. The number of esters is 1. The molecule has 7 heteroatoms. The Kier molecular flexibility index (Phi) is 6.04. The maximum Gasteiger partial charge on any atom is 0.313 e. The third-order valence-electron chi connectivity index (χ3n) is 4.48. The Morgan fingerprint density at radius 3 is 2.46 bits per heavy atom. The van der Waals surface area contributed by atoms with Gasteiger partial charge in [-0.3, -0.25) is 9.59 Å². The molecule has 1 fully saturated rings. The summed E-state index contributed by atoms with van der Waals surface area (Å²) in [5.74, 6) is -0.365. The molecule has 1 aliphatic rings. The molecule has 0 radical (unpaired) electrons. The lowest BCUT2D eigenvalue weighted by atomic mass is 9.80. The van der Waals surface area contributed by atoms with Crippen molar-refractivity contribution in [3.63, 3.8) is 0 Å². The van der Waals surface area contributed by atoms with Crippen LogP contribution < -0.4 is 0 Å². The molecule has 0 saturated heterocycles. The molecule has 1 unspecified atom stereocenters. The molecule has 1 atom stereocenters. The van der Waals surface area contributed by atoms with E-state index < -0.39 is 15.8 Å². The number of ether oxygens (including phenoxy) is 1. The van der Waals surface area contributed by atoms with Crippen molar-refractivity contribution in [2.45, 2.75) is 42.9 Å². The summed E-state index contributed by atoms with van der Waals surface area (Å²) in [4.78, 5) is 23.6. The topological polar surface area (TPSA) is 77.5 Å². The lowest BCUT2D eigenvalue weighted by Gasteiger charge is -2.25. The van der Waals surface area contributed by atoms with Crippen LogP contribution in [-0.2, 0) is 24.2 Å². The summed E-state index contributed by atoms with van der Waals surface area (Å²) < 4.78 is 28.2. The quantitative estimate of drug-likeness (QED) is 0.742. The van der Waals surface area contributed by atoms with Crippen LogP contribution in [0, 0.1) is 5.92 Å². The van der Waals surface area contributed by atoms with Crippen molar-refractivity contribution in [2.75, 3.05) is 13.4 Å². The molecular weight excluding hydrogens is 352 g/mol. The maximum atomic E-state index is 12.2. The maximum absolute atomic E-state index is 12.2. The zero-order valence-electron chi connectivity index (χ0n) is 13.7. The molecule has 0 spiro atoms. The second-order valence-corrected chi connectivity index (χ2v) is 8.65. The van der Waals surface area contributed by atoms with Gasteiger partial charge in [0.25, 0.3) is 0 Å². The Balaban J connectivity index is 2.26. The number of methoxy groups -OCH3 is 1. The molecule has 1 aromatic rings. The number of carbonyl (C=O) groups is 2. The molecule has 1 aliphatic carbocycles. The van der Waals surface area contributed by atoms with Crippen LogP contribution in [-0.4, -0.2) is 33.5 Å². The average molecular weight is 373 g/mol. The van der Waals surface area contributed by atoms with E-state index in [4.69, 9.17) is 16.3 Å². The Morgan fingerprint density at radius 2 is 1.96 bits per heavy atom. The van der Waals surface area contributed by atoms with Crippen molar-refractivity contribution in [1.29, 1.82) is 0 Å². The Labute approximate surface area is 147 Å². The van der Waals surface area contributed by atoms with Gasteiger partial charge in [-0.25, -0.2) is 8.42 Å². The Hall–Kier alpha value is -1.40.